The Morgan fingerprint density at radius 1 is 1.27 bits per heavy atom. The molecule has 1 heterocycles. The molecular weight excluding hydrogens is 186 g/mol. The number of aryl methyl sites for hydroxylation is 1. The second-order valence-electron chi connectivity index (χ2n) is 4.89. The van der Waals surface area contributed by atoms with E-state index in [1.165, 1.54) is 12.0 Å². The highest BCUT2D eigenvalue weighted by Gasteiger charge is 2.14. The first-order valence-electron chi connectivity index (χ1n) is 5.80. The van der Waals surface area contributed by atoms with Gasteiger partial charge < -0.3 is 9.73 Å². The molecule has 0 aliphatic carbocycles. The van der Waals surface area contributed by atoms with Crippen LogP contribution < -0.4 is 5.32 Å². The highest BCUT2D eigenvalue weighted by molar-refractivity contribution is 5.17. The molecule has 0 aliphatic heterocycles. The van der Waals surface area contributed by atoms with Crippen LogP contribution in [-0.4, -0.2) is 6.04 Å². The molecule has 0 amide bonds. The third-order valence-electron chi connectivity index (χ3n) is 2.65. The zero-order valence-electron chi connectivity index (χ0n) is 10.5. The van der Waals surface area contributed by atoms with Gasteiger partial charge in [-0.2, -0.15) is 0 Å². The van der Waals surface area contributed by atoms with Gasteiger partial charge in [0.25, 0.3) is 0 Å². The number of rotatable bonds is 5. The molecule has 0 fully saturated rings. The quantitative estimate of drug-likeness (QED) is 0.800. The summed E-state index contributed by atoms with van der Waals surface area (Å²) in [6.07, 6.45) is 2.96. The molecule has 1 N–H and O–H groups in total. The van der Waals surface area contributed by atoms with E-state index in [4.69, 9.17) is 4.42 Å². The molecule has 1 aromatic heterocycles. The normalized spacial score (nSPS) is 15.6. The molecule has 0 bridgehead atoms. The molecule has 0 saturated carbocycles. The summed E-state index contributed by atoms with van der Waals surface area (Å²) in [5, 5.41) is 3.56. The van der Waals surface area contributed by atoms with Gasteiger partial charge in [0.15, 0.2) is 0 Å². The molecule has 2 nitrogen and oxygen atoms in total. The van der Waals surface area contributed by atoms with Crippen molar-refractivity contribution in [3.63, 3.8) is 0 Å². The molecule has 2 heteroatoms. The fraction of sp³-hybridized carbons (Fsp3) is 0.692. The molecule has 1 rings (SSSR count). The summed E-state index contributed by atoms with van der Waals surface area (Å²) in [6, 6.07) is 2.85. The fourth-order valence-electron chi connectivity index (χ4n) is 2.11. The van der Waals surface area contributed by atoms with Gasteiger partial charge in [0.2, 0.25) is 0 Å². The van der Waals surface area contributed by atoms with Crippen LogP contribution in [0.1, 0.15) is 51.5 Å². The lowest BCUT2D eigenvalue weighted by atomic mass is 10.0. The van der Waals surface area contributed by atoms with Crippen LogP contribution in [0.25, 0.3) is 0 Å². The summed E-state index contributed by atoms with van der Waals surface area (Å²) in [4.78, 5) is 0. The lowest BCUT2D eigenvalue weighted by Gasteiger charge is -2.20. The van der Waals surface area contributed by atoms with Crippen LogP contribution in [0.15, 0.2) is 16.7 Å². The van der Waals surface area contributed by atoms with E-state index in [2.05, 4.69) is 39.9 Å². The van der Waals surface area contributed by atoms with E-state index in [9.17, 15) is 0 Å². The van der Waals surface area contributed by atoms with Crippen LogP contribution >= 0.6 is 0 Å². The van der Waals surface area contributed by atoms with E-state index >= 15 is 0 Å². The zero-order chi connectivity index (χ0) is 11.4. The number of hydrogen-bond acceptors (Lipinski definition) is 2. The van der Waals surface area contributed by atoms with Crippen molar-refractivity contribution in [1.29, 1.82) is 0 Å². The van der Waals surface area contributed by atoms with Crippen molar-refractivity contribution in [2.24, 2.45) is 5.92 Å². The second kappa shape index (κ2) is 5.36. The predicted octanol–water partition coefficient (Wildman–Crippen LogP) is 3.67. The van der Waals surface area contributed by atoms with Crippen molar-refractivity contribution >= 4 is 0 Å². The van der Waals surface area contributed by atoms with E-state index in [1.807, 2.05) is 6.07 Å². The SMILES string of the molecule is Cc1ccoc1C(C)NC(C)CC(C)C. The third-order valence-corrected chi connectivity index (χ3v) is 2.65. The van der Waals surface area contributed by atoms with Gasteiger partial charge in [-0.25, -0.2) is 0 Å². The molecule has 0 aliphatic rings. The molecular formula is C13H23NO. The lowest BCUT2D eigenvalue weighted by Crippen LogP contribution is -2.30. The van der Waals surface area contributed by atoms with Gasteiger partial charge in [-0.1, -0.05) is 13.8 Å². The van der Waals surface area contributed by atoms with Gasteiger partial charge in [-0.15, -0.1) is 0 Å². The average molecular weight is 209 g/mol. The largest absolute Gasteiger partial charge is 0.467 e. The molecule has 0 aromatic carbocycles. The topological polar surface area (TPSA) is 25.2 Å². The Morgan fingerprint density at radius 2 is 1.93 bits per heavy atom. The number of furan rings is 1. The van der Waals surface area contributed by atoms with Gasteiger partial charge >= 0.3 is 0 Å². The summed E-state index contributed by atoms with van der Waals surface area (Å²) in [5.41, 5.74) is 1.23. The summed E-state index contributed by atoms with van der Waals surface area (Å²) in [7, 11) is 0. The minimum absolute atomic E-state index is 0.300. The lowest BCUT2D eigenvalue weighted by molar-refractivity contribution is 0.364. The summed E-state index contributed by atoms with van der Waals surface area (Å²) >= 11 is 0. The maximum absolute atomic E-state index is 5.47. The molecule has 1 aromatic rings. The maximum Gasteiger partial charge on any atom is 0.123 e. The van der Waals surface area contributed by atoms with Crippen molar-refractivity contribution in [3.05, 3.63) is 23.7 Å². The van der Waals surface area contributed by atoms with E-state index in [1.54, 1.807) is 6.26 Å². The van der Waals surface area contributed by atoms with Gasteiger partial charge in [0.05, 0.1) is 12.3 Å². The Balaban J connectivity index is 2.49. The molecule has 0 radical (unpaired) electrons. The van der Waals surface area contributed by atoms with Crippen LogP contribution in [-0.2, 0) is 0 Å². The third kappa shape index (κ3) is 3.71. The predicted molar refractivity (Wildman–Crippen MR) is 63.9 cm³/mol. The van der Waals surface area contributed by atoms with Crippen molar-refractivity contribution in [2.45, 2.75) is 53.1 Å². The highest BCUT2D eigenvalue weighted by Crippen LogP contribution is 2.19. The van der Waals surface area contributed by atoms with Gasteiger partial charge in [-0.3, -0.25) is 0 Å². The van der Waals surface area contributed by atoms with Crippen LogP contribution in [0.5, 0.6) is 0 Å². The van der Waals surface area contributed by atoms with Crippen molar-refractivity contribution in [3.8, 4) is 0 Å². The minimum atomic E-state index is 0.300. The molecule has 15 heavy (non-hydrogen) atoms. The van der Waals surface area contributed by atoms with Crippen LogP contribution in [0.3, 0.4) is 0 Å². The number of hydrogen-bond donors (Lipinski definition) is 1. The Labute approximate surface area is 93.1 Å². The standard InChI is InChI=1S/C13H23NO/c1-9(2)8-11(4)14-12(5)13-10(3)6-7-15-13/h6-7,9,11-12,14H,8H2,1-5H3. The van der Waals surface area contributed by atoms with Crippen molar-refractivity contribution in [1.82, 2.24) is 5.32 Å². The first-order valence-corrected chi connectivity index (χ1v) is 5.80. The molecule has 0 spiro atoms. The van der Waals surface area contributed by atoms with Crippen molar-refractivity contribution in [2.75, 3.05) is 0 Å². The van der Waals surface area contributed by atoms with E-state index in [0.29, 0.717) is 12.1 Å². The van der Waals surface area contributed by atoms with E-state index in [-0.39, 0.29) is 0 Å². The van der Waals surface area contributed by atoms with Crippen LogP contribution in [0.4, 0.5) is 0 Å². The smallest absolute Gasteiger partial charge is 0.123 e. The molecule has 2 unspecified atom stereocenters. The first kappa shape index (κ1) is 12.3. The van der Waals surface area contributed by atoms with Gasteiger partial charge in [-0.05, 0) is 44.7 Å². The maximum atomic E-state index is 5.47. The Hall–Kier alpha value is -0.760. The fourth-order valence-corrected chi connectivity index (χ4v) is 2.11. The highest BCUT2D eigenvalue weighted by atomic mass is 16.3. The second-order valence-corrected chi connectivity index (χ2v) is 4.89. The van der Waals surface area contributed by atoms with E-state index < -0.39 is 0 Å². The Bertz CT molecular complexity index is 290. The summed E-state index contributed by atoms with van der Waals surface area (Å²) < 4.78 is 5.47. The van der Waals surface area contributed by atoms with Crippen molar-refractivity contribution < 1.29 is 4.42 Å². The molecule has 0 saturated heterocycles. The Kier molecular flexibility index (Phi) is 4.40. The zero-order valence-corrected chi connectivity index (χ0v) is 10.5. The number of nitrogens with one attached hydrogen (secondary N) is 1. The Morgan fingerprint density at radius 3 is 2.40 bits per heavy atom. The monoisotopic (exact) mass is 209 g/mol. The van der Waals surface area contributed by atoms with E-state index in [0.717, 1.165) is 11.7 Å². The summed E-state index contributed by atoms with van der Waals surface area (Å²) in [6.45, 7) is 11.0. The average Bonchev–Trinajstić information content (AvgIpc) is 2.49. The first-order chi connectivity index (χ1) is 7.00. The molecule has 86 valence electrons. The van der Waals surface area contributed by atoms with Gasteiger partial charge in [0.1, 0.15) is 5.76 Å². The van der Waals surface area contributed by atoms with Crippen LogP contribution in [0.2, 0.25) is 0 Å². The van der Waals surface area contributed by atoms with Gasteiger partial charge in [0, 0.05) is 6.04 Å². The van der Waals surface area contributed by atoms with Crippen LogP contribution in [0, 0.1) is 12.8 Å². The molecule has 2 atom stereocenters. The minimum Gasteiger partial charge on any atom is -0.467 e. The summed E-state index contributed by atoms with van der Waals surface area (Å²) in [5.74, 6) is 1.79.